The van der Waals surface area contributed by atoms with E-state index >= 15 is 0 Å². The normalized spacial score (nSPS) is 23.3. The summed E-state index contributed by atoms with van der Waals surface area (Å²) >= 11 is 6.02. The number of hydrogen-bond acceptors (Lipinski definition) is 2. The van der Waals surface area contributed by atoms with Crippen molar-refractivity contribution in [3.8, 4) is 0 Å². The van der Waals surface area contributed by atoms with Crippen molar-refractivity contribution < 1.29 is 4.74 Å². The van der Waals surface area contributed by atoms with Crippen molar-refractivity contribution in [2.75, 3.05) is 7.11 Å². The Kier molecular flexibility index (Phi) is 3.04. The molecule has 0 unspecified atom stereocenters. The molecule has 18 heavy (non-hydrogen) atoms. The van der Waals surface area contributed by atoms with Crippen LogP contribution < -0.4 is 0 Å². The molecule has 0 spiro atoms. The Morgan fingerprint density at radius 3 is 2.89 bits per heavy atom. The zero-order chi connectivity index (χ0) is 12.7. The maximum absolute atomic E-state index is 6.02. The molecule has 3 rings (SSSR count). The zero-order valence-corrected chi connectivity index (χ0v) is 11.4. The fraction of sp³-hybridized carbons (Fsp3) is 0.500. The standard InChI is InChI=1S/C14H17ClN2O/c1-9-3-4-12-13(5-9)17(14(8-15)16-12)10-6-11(7-10)18-2/h3-5,10-11H,6-8H2,1-2H3. The summed E-state index contributed by atoms with van der Waals surface area (Å²) in [6.07, 6.45) is 2.50. The summed E-state index contributed by atoms with van der Waals surface area (Å²) in [5.74, 6) is 1.43. The molecular weight excluding hydrogens is 248 g/mol. The lowest BCUT2D eigenvalue weighted by atomic mass is 9.88. The molecule has 0 amide bonds. The molecule has 1 aliphatic rings. The molecule has 1 saturated carbocycles. The highest BCUT2D eigenvalue weighted by Gasteiger charge is 2.32. The summed E-state index contributed by atoms with van der Waals surface area (Å²) in [6, 6.07) is 6.84. The van der Waals surface area contributed by atoms with E-state index < -0.39 is 0 Å². The number of halogens is 1. The highest BCUT2D eigenvalue weighted by atomic mass is 35.5. The molecule has 0 saturated heterocycles. The average Bonchev–Trinajstić information content (AvgIpc) is 2.66. The lowest BCUT2D eigenvalue weighted by Crippen LogP contribution is -2.33. The van der Waals surface area contributed by atoms with E-state index in [1.807, 2.05) is 0 Å². The molecule has 1 aromatic carbocycles. The molecule has 1 aliphatic carbocycles. The van der Waals surface area contributed by atoms with E-state index in [1.54, 1.807) is 7.11 Å². The number of benzene rings is 1. The molecule has 0 bridgehead atoms. The zero-order valence-electron chi connectivity index (χ0n) is 10.7. The van der Waals surface area contributed by atoms with E-state index in [0.29, 0.717) is 18.0 Å². The summed E-state index contributed by atoms with van der Waals surface area (Å²) in [5, 5.41) is 0. The lowest BCUT2D eigenvalue weighted by Gasteiger charge is -2.36. The van der Waals surface area contributed by atoms with Crippen molar-refractivity contribution in [2.45, 2.75) is 37.8 Å². The van der Waals surface area contributed by atoms with Crippen LogP contribution in [0.3, 0.4) is 0 Å². The van der Waals surface area contributed by atoms with Crippen molar-refractivity contribution in [1.29, 1.82) is 0 Å². The second-order valence-electron chi connectivity index (χ2n) is 5.01. The first-order valence-corrected chi connectivity index (χ1v) is 6.82. The van der Waals surface area contributed by atoms with Crippen molar-refractivity contribution >= 4 is 22.6 Å². The monoisotopic (exact) mass is 264 g/mol. The van der Waals surface area contributed by atoms with Gasteiger partial charge in [0.1, 0.15) is 5.82 Å². The average molecular weight is 265 g/mol. The first-order chi connectivity index (χ1) is 8.72. The number of ether oxygens (including phenoxy) is 1. The number of imidazole rings is 1. The smallest absolute Gasteiger partial charge is 0.125 e. The van der Waals surface area contributed by atoms with Crippen molar-refractivity contribution in [2.24, 2.45) is 0 Å². The minimum Gasteiger partial charge on any atom is -0.381 e. The largest absolute Gasteiger partial charge is 0.381 e. The van der Waals surface area contributed by atoms with Gasteiger partial charge in [-0.15, -0.1) is 11.6 Å². The van der Waals surface area contributed by atoms with Gasteiger partial charge in [0.15, 0.2) is 0 Å². The van der Waals surface area contributed by atoms with Gasteiger partial charge in [-0.05, 0) is 37.5 Å². The number of hydrogen-bond donors (Lipinski definition) is 0. The van der Waals surface area contributed by atoms with Crippen LogP contribution in [-0.4, -0.2) is 22.8 Å². The van der Waals surface area contributed by atoms with Gasteiger partial charge in [-0.3, -0.25) is 0 Å². The second kappa shape index (κ2) is 4.56. The van der Waals surface area contributed by atoms with Crippen LogP contribution in [0.1, 0.15) is 30.3 Å². The van der Waals surface area contributed by atoms with Crippen LogP contribution in [0.5, 0.6) is 0 Å². The van der Waals surface area contributed by atoms with Crippen LogP contribution in [0.15, 0.2) is 18.2 Å². The molecule has 1 heterocycles. The van der Waals surface area contributed by atoms with Gasteiger partial charge in [-0.2, -0.15) is 0 Å². The van der Waals surface area contributed by atoms with Gasteiger partial charge in [0.2, 0.25) is 0 Å². The van der Waals surface area contributed by atoms with Crippen LogP contribution >= 0.6 is 11.6 Å². The van der Waals surface area contributed by atoms with Gasteiger partial charge < -0.3 is 9.30 Å². The van der Waals surface area contributed by atoms with Crippen LogP contribution in [-0.2, 0) is 10.6 Å². The summed E-state index contributed by atoms with van der Waals surface area (Å²) in [6.45, 7) is 2.11. The fourth-order valence-electron chi connectivity index (χ4n) is 2.70. The predicted octanol–water partition coefficient (Wildman–Crippen LogP) is 3.43. The molecule has 0 aliphatic heterocycles. The third-order valence-electron chi connectivity index (χ3n) is 3.81. The summed E-state index contributed by atoms with van der Waals surface area (Å²) in [7, 11) is 1.78. The SMILES string of the molecule is COC1CC(n2c(CCl)nc3ccc(C)cc32)C1. The van der Waals surface area contributed by atoms with Crippen molar-refractivity contribution in [3.63, 3.8) is 0 Å². The Morgan fingerprint density at radius 2 is 2.22 bits per heavy atom. The highest BCUT2D eigenvalue weighted by molar-refractivity contribution is 6.16. The van der Waals surface area contributed by atoms with Crippen LogP contribution in [0.4, 0.5) is 0 Å². The Bertz CT molecular complexity index is 572. The summed E-state index contributed by atoms with van der Waals surface area (Å²) in [5.41, 5.74) is 3.50. The van der Waals surface area contributed by atoms with Gasteiger partial charge in [-0.1, -0.05) is 6.07 Å². The van der Waals surface area contributed by atoms with Crippen molar-refractivity contribution in [3.05, 3.63) is 29.6 Å². The maximum atomic E-state index is 6.02. The molecule has 1 fully saturated rings. The molecule has 96 valence electrons. The molecule has 0 N–H and O–H groups in total. The van der Waals surface area contributed by atoms with E-state index in [0.717, 1.165) is 24.2 Å². The topological polar surface area (TPSA) is 27.1 Å². The minimum absolute atomic E-state index is 0.389. The van der Waals surface area contributed by atoms with Gasteiger partial charge in [0, 0.05) is 13.2 Å². The number of fused-ring (bicyclic) bond motifs is 1. The maximum Gasteiger partial charge on any atom is 0.125 e. The highest BCUT2D eigenvalue weighted by Crippen LogP contribution is 2.37. The Balaban J connectivity index is 2.05. The lowest BCUT2D eigenvalue weighted by molar-refractivity contribution is 0.00675. The number of rotatable bonds is 3. The number of nitrogens with zero attached hydrogens (tertiary/aromatic N) is 2. The number of methoxy groups -OCH3 is 1. The molecule has 0 radical (unpaired) electrons. The second-order valence-corrected chi connectivity index (χ2v) is 5.27. The Hall–Kier alpha value is -1.06. The number of alkyl halides is 1. The Morgan fingerprint density at radius 1 is 1.44 bits per heavy atom. The van der Waals surface area contributed by atoms with Crippen LogP contribution in [0, 0.1) is 6.92 Å². The summed E-state index contributed by atoms with van der Waals surface area (Å²) < 4.78 is 7.65. The molecule has 0 atom stereocenters. The third-order valence-corrected chi connectivity index (χ3v) is 4.05. The predicted molar refractivity (Wildman–Crippen MR) is 73.1 cm³/mol. The van der Waals surface area contributed by atoms with E-state index in [4.69, 9.17) is 16.3 Å². The van der Waals surface area contributed by atoms with E-state index in [1.165, 1.54) is 11.1 Å². The molecule has 3 nitrogen and oxygen atoms in total. The number of aryl methyl sites for hydroxylation is 1. The van der Waals surface area contributed by atoms with E-state index in [9.17, 15) is 0 Å². The summed E-state index contributed by atoms with van der Waals surface area (Å²) in [4.78, 5) is 4.62. The molecule has 1 aromatic heterocycles. The molecule has 4 heteroatoms. The van der Waals surface area contributed by atoms with E-state index in [2.05, 4.69) is 34.7 Å². The Labute approximate surface area is 112 Å². The van der Waals surface area contributed by atoms with Crippen LogP contribution in [0.25, 0.3) is 11.0 Å². The van der Waals surface area contributed by atoms with Gasteiger partial charge in [0.05, 0.1) is 23.0 Å². The van der Waals surface area contributed by atoms with E-state index in [-0.39, 0.29) is 0 Å². The minimum atomic E-state index is 0.389. The first-order valence-electron chi connectivity index (χ1n) is 6.29. The van der Waals surface area contributed by atoms with Gasteiger partial charge in [-0.25, -0.2) is 4.98 Å². The third kappa shape index (κ3) is 1.82. The quantitative estimate of drug-likeness (QED) is 0.794. The fourth-order valence-corrected chi connectivity index (χ4v) is 2.88. The molecular formula is C14H17ClN2O. The van der Waals surface area contributed by atoms with Crippen molar-refractivity contribution in [1.82, 2.24) is 9.55 Å². The van der Waals surface area contributed by atoms with Gasteiger partial charge >= 0.3 is 0 Å². The number of aromatic nitrogens is 2. The first kappa shape index (κ1) is 12.0. The molecule has 2 aromatic rings. The van der Waals surface area contributed by atoms with Gasteiger partial charge in [0.25, 0.3) is 0 Å². The van der Waals surface area contributed by atoms with Crippen LogP contribution in [0.2, 0.25) is 0 Å².